The van der Waals surface area contributed by atoms with Gasteiger partial charge in [0.15, 0.2) is 0 Å². The van der Waals surface area contributed by atoms with Gasteiger partial charge < -0.3 is 19.7 Å². The highest BCUT2D eigenvalue weighted by Crippen LogP contribution is 2.28. The maximum Gasteiger partial charge on any atom is 0.330 e. The Morgan fingerprint density at radius 3 is 2.71 bits per heavy atom. The van der Waals surface area contributed by atoms with Gasteiger partial charge in [0.25, 0.3) is 5.56 Å². The Morgan fingerprint density at radius 1 is 1.29 bits per heavy atom. The smallest absolute Gasteiger partial charge is 0.330 e. The summed E-state index contributed by atoms with van der Waals surface area (Å²) in [7, 11) is 0. The molecule has 24 heavy (non-hydrogen) atoms. The Kier molecular flexibility index (Phi) is 5.37. The molecule has 8 nitrogen and oxygen atoms in total. The maximum absolute atomic E-state index is 12.0. The number of hydrogen-bond acceptors (Lipinski definition) is 6. The van der Waals surface area contributed by atoms with Crippen molar-refractivity contribution in [1.29, 1.82) is 0 Å². The third-order valence-corrected chi connectivity index (χ3v) is 4.83. The molecule has 1 aliphatic carbocycles. The second-order valence-electron chi connectivity index (χ2n) is 6.59. The number of nitrogens with zero attached hydrogens (tertiary/aromatic N) is 1. The average molecular weight is 340 g/mol. The lowest BCUT2D eigenvalue weighted by Crippen LogP contribution is -2.33. The van der Waals surface area contributed by atoms with E-state index >= 15 is 0 Å². The summed E-state index contributed by atoms with van der Waals surface area (Å²) in [5.41, 5.74) is -1.19. The Hall–Kier alpha value is -1.64. The Balaban J connectivity index is 1.74. The molecule has 0 amide bonds. The van der Waals surface area contributed by atoms with Crippen LogP contribution in [0.5, 0.6) is 5.75 Å². The number of aromatic amines is 1. The molecule has 0 aromatic carbocycles. The van der Waals surface area contributed by atoms with Crippen molar-refractivity contribution in [3.05, 3.63) is 27.0 Å². The predicted molar refractivity (Wildman–Crippen MR) is 85.0 cm³/mol. The van der Waals surface area contributed by atoms with Crippen molar-refractivity contribution in [3.63, 3.8) is 0 Å². The number of aromatic nitrogens is 2. The van der Waals surface area contributed by atoms with Gasteiger partial charge in [0.05, 0.1) is 25.5 Å². The second kappa shape index (κ2) is 7.50. The molecule has 1 saturated carbocycles. The maximum atomic E-state index is 12.0. The number of H-pyrrole nitrogens is 1. The minimum Gasteiger partial charge on any atom is -0.486 e. The minimum atomic E-state index is -0.856. The fraction of sp³-hybridized carbons (Fsp3) is 0.750. The summed E-state index contributed by atoms with van der Waals surface area (Å²) < 4.78 is 12.3. The molecule has 0 spiro atoms. The largest absolute Gasteiger partial charge is 0.486 e. The molecule has 2 aliphatic rings. The van der Waals surface area contributed by atoms with Gasteiger partial charge in [-0.25, -0.2) is 4.79 Å². The fourth-order valence-electron chi connectivity index (χ4n) is 3.40. The predicted octanol–water partition coefficient (Wildman–Crippen LogP) is 0.136. The second-order valence-corrected chi connectivity index (χ2v) is 6.59. The van der Waals surface area contributed by atoms with E-state index in [0.29, 0.717) is 12.5 Å². The summed E-state index contributed by atoms with van der Waals surface area (Å²) in [6, 6.07) is 0. The normalized spacial score (nSPS) is 28.2. The summed E-state index contributed by atoms with van der Waals surface area (Å²) in [4.78, 5) is 26.2. The van der Waals surface area contributed by atoms with Crippen LogP contribution in [0.25, 0.3) is 0 Å². The molecule has 3 N–H and O–H groups in total. The highest BCUT2D eigenvalue weighted by Gasteiger charge is 2.35. The van der Waals surface area contributed by atoms with Gasteiger partial charge in [0.1, 0.15) is 12.3 Å². The van der Waals surface area contributed by atoms with Crippen LogP contribution in [0.1, 0.15) is 44.8 Å². The summed E-state index contributed by atoms with van der Waals surface area (Å²) in [6.45, 7) is 0.121. The number of hydrogen-bond donors (Lipinski definition) is 3. The minimum absolute atomic E-state index is 0.0747. The van der Waals surface area contributed by atoms with Crippen LogP contribution in [0.4, 0.5) is 0 Å². The summed E-state index contributed by atoms with van der Waals surface area (Å²) >= 11 is 0. The molecule has 2 fully saturated rings. The zero-order valence-corrected chi connectivity index (χ0v) is 13.5. The van der Waals surface area contributed by atoms with Gasteiger partial charge in [-0.15, -0.1) is 0 Å². The highest BCUT2D eigenvalue weighted by molar-refractivity contribution is 5.12. The summed E-state index contributed by atoms with van der Waals surface area (Å²) in [5, 5.41) is 18.9. The van der Waals surface area contributed by atoms with Crippen molar-refractivity contribution in [1.82, 2.24) is 9.55 Å². The van der Waals surface area contributed by atoms with Crippen LogP contribution >= 0.6 is 0 Å². The molecule has 1 aromatic rings. The molecule has 1 saturated heterocycles. The molecule has 0 radical (unpaired) electrons. The van der Waals surface area contributed by atoms with Crippen LogP contribution in [0.3, 0.4) is 0 Å². The van der Waals surface area contributed by atoms with Crippen molar-refractivity contribution >= 4 is 0 Å². The molecule has 0 bridgehead atoms. The lowest BCUT2D eigenvalue weighted by atomic mass is 9.90. The standard InChI is InChI=1S/C16H24N2O6/c19-8-13-11(20)6-14(24-13)18-7-12(15(21)17-16(18)22)23-9-10-4-2-1-3-5-10/h7,10-11,13-14,19-20H,1-6,8-9H2,(H,17,21,22). The van der Waals surface area contributed by atoms with E-state index in [1.807, 2.05) is 0 Å². The molecular weight excluding hydrogens is 316 g/mol. The fourth-order valence-corrected chi connectivity index (χ4v) is 3.40. The highest BCUT2D eigenvalue weighted by atomic mass is 16.5. The van der Waals surface area contributed by atoms with E-state index in [1.54, 1.807) is 0 Å². The molecule has 3 unspecified atom stereocenters. The molecular formula is C16H24N2O6. The quantitative estimate of drug-likeness (QED) is 0.702. The van der Waals surface area contributed by atoms with Gasteiger partial charge in [-0.05, 0) is 18.8 Å². The Morgan fingerprint density at radius 2 is 2.04 bits per heavy atom. The van der Waals surface area contributed by atoms with Crippen molar-refractivity contribution in [2.24, 2.45) is 5.92 Å². The van der Waals surface area contributed by atoms with E-state index in [4.69, 9.17) is 14.6 Å². The van der Waals surface area contributed by atoms with Gasteiger partial charge in [-0.1, -0.05) is 19.3 Å². The SMILES string of the molecule is O=c1[nH]c(=O)n(C2CC(O)C(CO)O2)cc1OCC1CCCCC1. The van der Waals surface area contributed by atoms with Crippen LogP contribution < -0.4 is 16.0 Å². The van der Waals surface area contributed by atoms with E-state index in [1.165, 1.54) is 30.0 Å². The van der Waals surface area contributed by atoms with Crippen LogP contribution in [-0.2, 0) is 4.74 Å². The topological polar surface area (TPSA) is 114 Å². The number of nitrogens with one attached hydrogen (secondary N) is 1. The Labute approximate surface area is 139 Å². The molecule has 134 valence electrons. The van der Waals surface area contributed by atoms with Crippen molar-refractivity contribution in [2.75, 3.05) is 13.2 Å². The lowest BCUT2D eigenvalue weighted by molar-refractivity contribution is -0.0461. The molecule has 3 atom stereocenters. The first kappa shape index (κ1) is 17.2. The third kappa shape index (κ3) is 3.71. The zero-order chi connectivity index (χ0) is 17.1. The van der Waals surface area contributed by atoms with Gasteiger partial charge in [-0.2, -0.15) is 0 Å². The lowest BCUT2D eigenvalue weighted by Gasteiger charge is -2.21. The number of aliphatic hydroxyl groups is 2. The summed E-state index contributed by atoms with van der Waals surface area (Å²) in [5.74, 6) is 0.507. The van der Waals surface area contributed by atoms with Crippen LogP contribution in [0, 0.1) is 5.92 Å². The first-order valence-electron chi connectivity index (χ1n) is 8.51. The first-order valence-corrected chi connectivity index (χ1v) is 8.51. The van der Waals surface area contributed by atoms with E-state index in [9.17, 15) is 14.7 Å². The number of aliphatic hydroxyl groups excluding tert-OH is 2. The van der Waals surface area contributed by atoms with E-state index in [-0.39, 0.29) is 18.8 Å². The van der Waals surface area contributed by atoms with Crippen LogP contribution in [0.2, 0.25) is 0 Å². The number of rotatable bonds is 5. The van der Waals surface area contributed by atoms with Crippen molar-refractivity contribution in [3.8, 4) is 5.75 Å². The van der Waals surface area contributed by atoms with E-state index in [2.05, 4.69) is 4.98 Å². The van der Waals surface area contributed by atoms with Gasteiger partial charge in [-0.3, -0.25) is 14.3 Å². The van der Waals surface area contributed by atoms with Crippen LogP contribution in [0.15, 0.2) is 15.8 Å². The average Bonchev–Trinajstić information content (AvgIpc) is 2.95. The monoisotopic (exact) mass is 340 g/mol. The molecule has 8 heteroatoms. The van der Waals surface area contributed by atoms with Crippen molar-refractivity contribution in [2.45, 2.75) is 57.0 Å². The van der Waals surface area contributed by atoms with E-state index < -0.39 is 29.7 Å². The molecule has 1 aromatic heterocycles. The van der Waals surface area contributed by atoms with E-state index in [0.717, 1.165) is 12.8 Å². The summed E-state index contributed by atoms with van der Waals surface area (Å²) in [6.07, 6.45) is 4.96. The number of ether oxygens (including phenoxy) is 2. The van der Waals surface area contributed by atoms with Crippen molar-refractivity contribution < 1.29 is 19.7 Å². The van der Waals surface area contributed by atoms with Crippen LogP contribution in [-0.4, -0.2) is 45.2 Å². The Bertz CT molecular complexity index is 663. The third-order valence-electron chi connectivity index (χ3n) is 4.83. The van der Waals surface area contributed by atoms with Gasteiger partial charge in [0, 0.05) is 6.42 Å². The van der Waals surface area contributed by atoms with Gasteiger partial charge >= 0.3 is 5.69 Å². The molecule has 2 heterocycles. The van der Waals surface area contributed by atoms with Gasteiger partial charge in [0.2, 0.25) is 5.75 Å². The first-order chi connectivity index (χ1) is 11.6. The molecule has 1 aliphatic heterocycles. The zero-order valence-electron chi connectivity index (χ0n) is 13.5. The molecule has 3 rings (SSSR count).